The van der Waals surface area contributed by atoms with Crippen molar-refractivity contribution in [2.45, 2.75) is 33.2 Å². The van der Waals surface area contributed by atoms with Gasteiger partial charge < -0.3 is 10.6 Å². The lowest BCUT2D eigenvalue weighted by Crippen LogP contribution is -2.39. The van der Waals surface area contributed by atoms with E-state index in [1.54, 1.807) is 11.3 Å². The topological polar surface area (TPSA) is 49.3 Å². The van der Waals surface area contributed by atoms with Crippen molar-refractivity contribution >= 4 is 57.2 Å². The highest BCUT2D eigenvalue weighted by molar-refractivity contribution is 14.0. The van der Waals surface area contributed by atoms with Crippen LogP contribution in [-0.4, -0.2) is 24.0 Å². The monoisotopic (exact) mass is 522 g/mol. The molecule has 4 nitrogen and oxygen atoms in total. The summed E-state index contributed by atoms with van der Waals surface area (Å²) in [5, 5.41) is 7.90. The molecular formula is C17H24BrIN4S. The number of aryl methyl sites for hydroxylation is 1. The Morgan fingerprint density at radius 2 is 2.12 bits per heavy atom. The van der Waals surface area contributed by atoms with Gasteiger partial charge in [0, 0.05) is 35.1 Å². The van der Waals surface area contributed by atoms with Gasteiger partial charge in [-0.25, -0.2) is 4.98 Å². The van der Waals surface area contributed by atoms with E-state index in [1.165, 1.54) is 10.4 Å². The number of thiazole rings is 1. The maximum Gasteiger partial charge on any atom is 0.191 e. The third kappa shape index (κ3) is 6.68. The predicted octanol–water partition coefficient (Wildman–Crippen LogP) is 4.69. The minimum Gasteiger partial charge on any atom is -0.357 e. The number of hydrogen-bond acceptors (Lipinski definition) is 3. The Morgan fingerprint density at radius 1 is 1.38 bits per heavy atom. The van der Waals surface area contributed by atoms with E-state index in [0.717, 1.165) is 35.0 Å². The predicted molar refractivity (Wildman–Crippen MR) is 118 cm³/mol. The Bertz CT molecular complexity index is 660. The van der Waals surface area contributed by atoms with Gasteiger partial charge in [-0.1, -0.05) is 34.1 Å². The third-order valence-electron chi connectivity index (χ3n) is 3.33. The molecule has 0 aliphatic heterocycles. The lowest BCUT2D eigenvalue weighted by Gasteiger charge is -2.19. The molecule has 1 aromatic carbocycles. The molecular weight excluding hydrogens is 499 g/mol. The second kappa shape index (κ2) is 11.0. The molecule has 0 spiro atoms. The van der Waals surface area contributed by atoms with E-state index in [1.807, 2.05) is 18.3 Å². The Morgan fingerprint density at radius 3 is 2.75 bits per heavy atom. The number of aliphatic imine (C=N–C) groups is 1. The minimum absolute atomic E-state index is 0. The molecule has 2 rings (SSSR count). The van der Waals surface area contributed by atoms with E-state index in [2.05, 4.69) is 69.4 Å². The lowest BCUT2D eigenvalue weighted by atomic mass is 10.1. The van der Waals surface area contributed by atoms with E-state index < -0.39 is 0 Å². The summed E-state index contributed by atoms with van der Waals surface area (Å²) >= 11 is 5.34. The Labute approximate surface area is 173 Å². The normalized spacial score (nSPS) is 12.4. The number of aromatic nitrogens is 1. The maximum atomic E-state index is 4.66. The summed E-state index contributed by atoms with van der Waals surface area (Å²) in [6.07, 6.45) is 2.79. The maximum absolute atomic E-state index is 4.66. The zero-order valence-electron chi connectivity index (χ0n) is 14.2. The fourth-order valence-electron chi connectivity index (χ4n) is 2.21. The number of benzene rings is 1. The molecule has 0 saturated carbocycles. The minimum atomic E-state index is 0. The van der Waals surface area contributed by atoms with E-state index in [0.29, 0.717) is 0 Å². The second-order valence-corrected chi connectivity index (χ2v) is 7.44. The summed E-state index contributed by atoms with van der Waals surface area (Å²) in [5.74, 6) is 0.837. The molecule has 1 unspecified atom stereocenters. The molecule has 1 atom stereocenters. The van der Waals surface area contributed by atoms with Crippen LogP contribution in [0.5, 0.6) is 0 Å². The van der Waals surface area contributed by atoms with Gasteiger partial charge in [0.1, 0.15) is 0 Å². The molecule has 2 aromatic rings. The molecule has 0 bridgehead atoms. The van der Waals surface area contributed by atoms with Crippen LogP contribution in [-0.2, 0) is 6.42 Å². The van der Waals surface area contributed by atoms with Crippen LogP contribution in [0.1, 0.15) is 35.3 Å². The van der Waals surface area contributed by atoms with Crippen LogP contribution in [0.4, 0.5) is 0 Å². The summed E-state index contributed by atoms with van der Waals surface area (Å²) in [5.41, 5.74) is 1.22. The first-order chi connectivity index (χ1) is 11.1. The number of halogens is 2. The van der Waals surface area contributed by atoms with Gasteiger partial charge in [0.05, 0.1) is 11.0 Å². The molecule has 0 aliphatic rings. The van der Waals surface area contributed by atoms with Crippen LogP contribution in [0.3, 0.4) is 0 Å². The zero-order chi connectivity index (χ0) is 16.7. The molecule has 0 saturated heterocycles. The highest BCUT2D eigenvalue weighted by atomic mass is 127. The molecule has 0 radical (unpaired) electrons. The van der Waals surface area contributed by atoms with Gasteiger partial charge in [-0.05, 0) is 32.4 Å². The third-order valence-corrected chi connectivity index (χ3v) is 5.03. The van der Waals surface area contributed by atoms with Crippen LogP contribution in [0, 0.1) is 6.92 Å². The van der Waals surface area contributed by atoms with Gasteiger partial charge in [-0.15, -0.1) is 35.3 Å². The second-order valence-electron chi connectivity index (χ2n) is 5.26. The quantitative estimate of drug-likeness (QED) is 0.328. The first kappa shape index (κ1) is 21.4. The van der Waals surface area contributed by atoms with Gasteiger partial charge >= 0.3 is 0 Å². The number of hydrogen-bond donors (Lipinski definition) is 2. The Balaban J connectivity index is 0.00000288. The van der Waals surface area contributed by atoms with Gasteiger partial charge in [-0.2, -0.15) is 0 Å². The number of nitrogens with zero attached hydrogens (tertiary/aromatic N) is 2. The molecule has 132 valence electrons. The first-order valence-electron chi connectivity index (χ1n) is 7.80. The van der Waals surface area contributed by atoms with E-state index >= 15 is 0 Å². The lowest BCUT2D eigenvalue weighted by molar-refractivity contribution is 0.683. The van der Waals surface area contributed by atoms with Crippen molar-refractivity contribution in [3.05, 3.63) is 50.4 Å². The van der Waals surface area contributed by atoms with Gasteiger partial charge in [-0.3, -0.25) is 4.99 Å². The van der Waals surface area contributed by atoms with Crippen molar-refractivity contribution in [1.82, 2.24) is 15.6 Å². The number of rotatable bonds is 6. The average molecular weight is 523 g/mol. The molecule has 1 aromatic heterocycles. The summed E-state index contributed by atoms with van der Waals surface area (Å²) in [6.45, 7) is 7.85. The van der Waals surface area contributed by atoms with E-state index in [4.69, 9.17) is 0 Å². The number of guanidine groups is 1. The molecule has 24 heavy (non-hydrogen) atoms. The van der Waals surface area contributed by atoms with Crippen LogP contribution in [0.25, 0.3) is 0 Å². The summed E-state index contributed by atoms with van der Waals surface area (Å²) in [4.78, 5) is 10.3. The Kier molecular flexibility index (Phi) is 9.84. The summed E-state index contributed by atoms with van der Waals surface area (Å²) in [6, 6.07) is 8.42. The van der Waals surface area contributed by atoms with Crippen molar-refractivity contribution in [1.29, 1.82) is 0 Å². The van der Waals surface area contributed by atoms with Crippen LogP contribution >= 0.6 is 51.2 Å². The van der Waals surface area contributed by atoms with Crippen molar-refractivity contribution in [3.8, 4) is 0 Å². The first-order valence-corrected chi connectivity index (χ1v) is 9.41. The van der Waals surface area contributed by atoms with Crippen LogP contribution in [0.15, 0.2) is 39.9 Å². The highest BCUT2D eigenvalue weighted by Gasteiger charge is 2.10. The fraction of sp³-hybridized carbons (Fsp3) is 0.412. The van der Waals surface area contributed by atoms with E-state index in [9.17, 15) is 0 Å². The summed E-state index contributed by atoms with van der Waals surface area (Å²) < 4.78 is 1.11. The van der Waals surface area contributed by atoms with Crippen molar-refractivity contribution in [2.75, 3.05) is 13.1 Å². The molecule has 0 amide bonds. The van der Waals surface area contributed by atoms with Crippen molar-refractivity contribution in [2.24, 2.45) is 4.99 Å². The zero-order valence-corrected chi connectivity index (χ0v) is 18.9. The standard InChI is InChI=1S/C17H23BrN4S.HI/c1-4-19-17(20-10-9-16-21-11-12(2)23-16)22-13(3)14-7-5-6-8-15(14)18;/h5-8,11,13H,4,9-10H2,1-3H3,(H2,19,20,22);1H. The smallest absolute Gasteiger partial charge is 0.191 e. The molecule has 2 N–H and O–H groups in total. The van der Waals surface area contributed by atoms with E-state index in [-0.39, 0.29) is 30.0 Å². The van der Waals surface area contributed by atoms with Crippen LogP contribution in [0.2, 0.25) is 0 Å². The van der Waals surface area contributed by atoms with Gasteiger partial charge in [0.25, 0.3) is 0 Å². The molecule has 1 heterocycles. The average Bonchev–Trinajstić information content (AvgIpc) is 2.93. The van der Waals surface area contributed by atoms with Crippen molar-refractivity contribution in [3.63, 3.8) is 0 Å². The molecule has 7 heteroatoms. The van der Waals surface area contributed by atoms with Crippen LogP contribution < -0.4 is 10.6 Å². The summed E-state index contributed by atoms with van der Waals surface area (Å²) in [7, 11) is 0. The molecule has 0 aliphatic carbocycles. The Hall–Kier alpha value is -0.670. The SMILES string of the molecule is CCNC(=NCCc1ncc(C)s1)NC(C)c1ccccc1Br.I. The largest absolute Gasteiger partial charge is 0.357 e. The fourth-order valence-corrected chi connectivity index (χ4v) is 3.61. The highest BCUT2D eigenvalue weighted by Crippen LogP contribution is 2.22. The number of nitrogens with one attached hydrogen (secondary N) is 2. The van der Waals surface area contributed by atoms with Gasteiger partial charge in [0.2, 0.25) is 0 Å². The molecule has 0 fully saturated rings. The van der Waals surface area contributed by atoms with Crippen molar-refractivity contribution < 1.29 is 0 Å². The van der Waals surface area contributed by atoms with Gasteiger partial charge in [0.15, 0.2) is 5.96 Å².